The Morgan fingerprint density at radius 2 is 2.31 bits per heavy atom. The Labute approximate surface area is 98.1 Å². The molecule has 1 saturated heterocycles. The molecule has 2 N–H and O–H groups in total. The summed E-state index contributed by atoms with van der Waals surface area (Å²) in [5.74, 6) is -0.0150. The van der Waals surface area contributed by atoms with Crippen molar-refractivity contribution in [2.45, 2.75) is 58.3 Å². The second kappa shape index (κ2) is 5.64. The van der Waals surface area contributed by atoms with Crippen LogP contribution >= 0.6 is 0 Å². The minimum atomic E-state index is -0.365. The second-order valence-corrected chi connectivity index (χ2v) is 5.12. The van der Waals surface area contributed by atoms with Crippen LogP contribution in [0.3, 0.4) is 0 Å². The first kappa shape index (κ1) is 13.5. The molecule has 1 rings (SSSR count). The lowest BCUT2D eigenvalue weighted by atomic mass is 10.0. The van der Waals surface area contributed by atoms with Gasteiger partial charge in [-0.1, -0.05) is 6.92 Å². The SMILES string of the molecule is CCC(C)(C)NC(=O)C(C)OC1CCNC1. The number of hydrogen-bond donors (Lipinski definition) is 2. The predicted molar refractivity (Wildman–Crippen MR) is 64.3 cm³/mol. The molecule has 0 aromatic rings. The Kier molecular flexibility index (Phi) is 4.74. The van der Waals surface area contributed by atoms with Gasteiger partial charge in [0, 0.05) is 12.1 Å². The van der Waals surface area contributed by atoms with Gasteiger partial charge in [-0.15, -0.1) is 0 Å². The van der Waals surface area contributed by atoms with Crippen molar-refractivity contribution in [1.82, 2.24) is 10.6 Å². The normalized spacial score (nSPS) is 23.1. The lowest BCUT2D eigenvalue weighted by Gasteiger charge is -2.27. The fourth-order valence-corrected chi connectivity index (χ4v) is 1.62. The van der Waals surface area contributed by atoms with E-state index in [0.717, 1.165) is 25.9 Å². The van der Waals surface area contributed by atoms with E-state index in [4.69, 9.17) is 4.74 Å². The topological polar surface area (TPSA) is 50.4 Å². The van der Waals surface area contributed by atoms with E-state index in [-0.39, 0.29) is 23.7 Å². The third-order valence-electron chi connectivity index (χ3n) is 3.13. The van der Waals surface area contributed by atoms with E-state index in [9.17, 15) is 4.79 Å². The number of carbonyl (C=O) groups excluding carboxylic acids is 1. The van der Waals surface area contributed by atoms with E-state index in [0.29, 0.717) is 0 Å². The molecular weight excluding hydrogens is 204 g/mol. The van der Waals surface area contributed by atoms with Gasteiger partial charge >= 0.3 is 0 Å². The number of hydrogen-bond acceptors (Lipinski definition) is 3. The van der Waals surface area contributed by atoms with E-state index in [1.54, 1.807) is 0 Å². The molecule has 0 aromatic heterocycles. The molecule has 0 bridgehead atoms. The molecule has 1 heterocycles. The molecule has 4 heteroatoms. The first-order valence-electron chi connectivity index (χ1n) is 6.13. The maximum absolute atomic E-state index is 11.8. The highest BCUT2D eigenvalue weighted by molar-refractivity contribution is 5.81. The number of amides is 1. The Morgan fingerprint density at radius 3 is 2.81 bits per heavy atom. The van der Waals surface area contributed by atoms with Gasteiger partial charge in [0.1, 0.15) is 6.10 Å². The summed E-state index contributed by atoms with van der Waals surface area (Å²) < 4.78 is 5.69. The van der Waals surface area contributed by atoms with Gasteiger partial charge < -0.3 is 15.4 Å². The van der Waals surface area contributed by atoms with Crippen molar-refractivity contribution in [1.29, 1.82) is 0 Å². The molecule has 1 amide bonds. The summed E-state index contributed by atoms with van der Waals surface area (Å²) in [5, 5.41) is 6.21. The first-order chi connectivity index (χ1) is 7.44. The summed E-state index contributed by atoms with van der Waals surface area (Å²) in [6.45, 7) is 9.77. The smallest absolute Gasteiger partial charge is 0.249 e. The molecule has 0 saturated carbocycles. The molecular formula is C12H24N2O2. The molecule has 1 aliphatic heterocycles. The van der Waals surface area contributed by atoms with Crippen LogP contribution in [-0.2, 0) is 9.53 Å². The molecule has 0 radical (unpaired) electrons. The third kappa shape index (κ3) is 4.10. The van der Waals surface area contributed by atoms with Crippen LogP contribution in [0.25, 0.3) is 0 Å². The van der Waals surface area contributed by atoms with Gasteiger partial charge in [0.05, 0.1) is 6.10 Å². The minimum absolute atomic E-state index is 0.0150. The van der Waals surface area contributed by atoms with Crippen LogP contribution in [0.15, 0.2) is 0 Å². The Hall–Kier alpha value is -0.610. The van der Waals surface area contributed by atoms with Crippen LogP contribution in [0.5, 0.6) is 0 Å². The maximum atomic E-state index is 11.8. The summed E-state index contributed by atoms with van der Waals surface area (Å²) in [7, 11) is 0. The van der Waals surface area contributed by atoms with E-state index in [2.05, 4.69) is 17.6 Å². The van der Waals surface area contributed by atoms with Gasteiger partial charge in [-0.05, 0) is 40.2 Å². The second-order valence-electron chi connectivity index (χ2n) is 5.12. The number of ether oxygens (including phenoxy) is 1. The van der Waals surface area contributed by atoms with Crippen LogP contribution in [0, 0.1) is 0 Å². The lowest BCUT2D eigenvalue weighted by molar-refractivity contribution is -0.136. The van der Waals surface area contributed by atoms with Crippen molar-refractivity contribution in [3.8, 4) is 0 Å². The first-order valence-corrected chi connectivity index (χ1v) is 6.13. The summed E-state index contributed by atoms with van der Waals surface area (Å²) in [6, 6.07) is 0. The van der Waals surface area contributed by atoms with Crippen molar-refractivity contribution in [2.75, 3.05) is 13.1 Å². The van der Waals surface area contributed by atoms with E-state index in [1.807, 2.05) is 20.8 Å². The molecule has 4 nitrogen and oxygen atoms in total. The van der Waals surface area contributed by atoms with E-state index >= 15 is 0 Å². The van der Waals surface area contributed by atoms with Gasteiger partial charge in [0.25, 0.3) is 0 Å². The predicted octanol–water partition coefficient (Wildman–Crippen LogP) is 1.06. The molecule has 1 aliphatic rings. The molecule has 0 spiro atoms. The van der Waals surface area contributed by atoms with Crippen LogP contribution in [-0.4, -0.2) is 36.7 Å². The number of rotatable bonds is 5. The molecule has 2 atom stereocenters. The molecule has 0 aliphatic carbocycles. The highest BCUT2D eigenvalue weighted by atomic mass is 16.5. The Morgan fingerprint density at radius 1 is 1.62 bits per heavy atom. The van der Waals surface area contributed by atoms with Crippen molar-refractivity contribution in [2.24, 2.45) is 0 Å². The van der Waals surface area contributed by atoms with Crippen LogP contribution in [0.2, 0.25) is 0 Å². The molecule has 0 aromatic carbocycles. The summed E-state index contributed by atoms with van der Waals surface area (Å²) in [6.07, 6.45) is 1.73. The molecule has 1 fully saturated rings. The average molecular weight is 228 g/mol. The Balaban J connectivity index is 2.35. The van der Waals surface area contributed by atoms with Crippen LogP contribution in [0.4, 0.5) is 0 Å². The van der Waals surface area contributed by atoms with Gasteiger partial charge in [0.2, 0.25) is 5.91 Å². The zero-order chi connectivity index (χ0) is 12.2. The summed E-state index contributed by atoms with van der Waals surface area (Å²) >= 11 is 0. The van der Waals surface area contributed by atoms with Gasteiger partial charge in [-0.25, -0.2) is 0 Å². The number of carbonyl (C=O) groups is 1. The third-order valence-corrected chi connectivity index (χ3v) is 3.13. The van der Waals surface area contributed by atoms with E-state index < -0.39 is 0 Å². The van der Waals surface area contributed by atoms with Gasteiger partial charge in [-0.3, -0.25) is 4.79 Å². The van der Waals surface area contributed by atoms with Crippen LogP contribution in [0.1, 0.15) is 40.5 Å². The van der Waals surface area contributed by atoms with Gasteiger partial charge in [-0.2, -0.15) is 0 Å². The van der Waals surface area contributed by atoms with Crippen molar-refractivity contribution in [3.63, 3.8) is 0 Å². The molecule has 94 valence electrons. The van der Waals surface area contributed by atoms with Crippen molar-refractivity contribution >= 4 is 5.91 Å². The zero-order valence-corrected chi connectivity index (χ0v) is 10.8. The minimum Gasteiger partial charge on any atom is -0.364 e. The average Bonchev–Trinajstić information content (AvgIpc) is 2.69. The molecule has 16 heavy (non-hydrogen) atoms. The Bertz CT molecular complexity index is 235. The fraction of sp³-hybridized carbons (Fsp3) is 0.917. The van der Waals surface area contributed by atoms with Crippen LogP contribution < -0.4 is 10.6 Å². The highest BCUT2D eigenvalue weighted by Gasteiger charge is 2.25. The quantitative estimate of drug-likeness (QED) is 0.739. The summed E-state index contributed by atoms with van der Waals surface area (Å²) in [5.41, 5.74) is -0.150. The standard InChI is InChI=1S/C12H24N2O2/c1-5-12(3,4)14-11(15)9(2)16-10-6-7-13-8-10/h9-10,13H,5-8H2,1-4H3,(H,14,15). The largest absolute Gasteiger partial charge is 0.364 e. The lowest BCUT2D eigenvalue weighted by Crippen LogP contribution is -2.48. The zero-order valence-electron chi connectivity index (χ0n) is 10.8. The highest BCUT2D eigenvalue weighted by Crippen LogP contribution is 2.10. The van der Waals surface area contributed by atoms with Crippen molar-refractivity contribution in [3.05, 3.63) is 0 Å². The van der Waals surface area contributed by atoms with Gasteiger partial charge in [0.15, 0.2) is 0 Å². The molecule has 2 unspecified atom stereocenters. The monoisotopic (exact) mass is 228 g/mol. The number of nitrogens with one attached hydrogen (secondary N) is 2. The summed E-state index contributed by atoms with van der Waals surface area (Å²) in [4.78, 5) is 11.8. The van der Waals surface area contributed by atoms with Crippen molar-refractivity contribution < 1.29 is 9.53 Å². The maximum Gasteiger partial charge on any atom is 0.249 e. The van der Waals surface area contributed by atoms with E-state index in [1.165, 1.54) is 0 Å². The fourth-order valence-electron chi connectivity index (χ4n) is 1.62.